The summed E-state index contributed by atoms with van der Waals surface area (Å²) in [4.78, 5) is 2.47. The fraction of sp³-hybridized carbons (Fsp3) is 0.500. The largest absolute Gasteiger partial charge is 0.312 e. The first-order valence-electron chi connectivity index (χ1n) is 6.25. The lowest BCUT2D eigenvalue weighted by Gasteiger charge is -2.16. The van der Waals surface area contributed by atoms with Gasteiger partial charge >= 0.3 is 0 Å². The maximum Gasteiger partial charge on any atom is 0.0635 e. The summed E-state index contributed by atoms with van der Waals surface area (Å²) >= 11 is 0. The van der Waals surface area contributed by atoms with E-state index in [2.05, 4.69) is 46.6 Å². The second-order valence-corrected chi connectivity index (χ2v) is 4.57. The maximum atomic E-state index is 8.49. The molecule has 1 aromatic carbocycles. The molecule has 1 N–H and O–H groups in total. The summed E-state index contributed by atoms with van der Waals surface area (Å²) in [5.41, 5.74) is 1.38. The molecule has 3 nitrogen and oxygen atoms in total. The first-order chi connectivity index (χ1) is 8.38. The van der Waals surface area contributed by atoms with Crippen molar-refractivity contribution in [3.8, 4) is 6.07 Å². The molecule has 1 aliphatic rings. The molecule has 0 radical (unpaired) electrons. The minimum Gasteiger partial charge on any atom is -0.312 e. The van der Waals surface area contributed by atoms with Crippen LogP contribution >= 0.6 is 0 Å². The van der Waals surface area contributed by atoms with Crippen molar-refractivity contribution in [3.63, 3.8) is 0 Å². The van der Waals surface area contributed by atoms with Crippen LogP contribution in [0.4, 0.5) is 0 Å². The summed E-state index contributed by atoms with van der Waals surface area (Å²) in [5.74, 6) is 0. The minimum atomic E-state index is 0.562. The third kappa shape index (κ3) is 3.85. The Morgan fingerprint density at radius 3 is 2.94 bits per heavy atom. The van der Waals surface area contributed by atoms with E-state index in [4.69, 9.17) is 5.26 Å². The van der Waals surface area contributed by atoms with Gasteiger partial charge in [-0.25, -0.2) is 0 Å². The summed E-state index contributed by atoms with van der Waals surface area (Å²) < 4.78 is 0. The van der Waals surface area contributed by atoms with Crippen LogP contribution in [0.5, 0.6) is 0 Å². The van der Waals surface area contributed by atoms with Crippen molar-refractivity contribution in [2.75, 3.05) is 19.6 Å². The van der Waals surface area contributed by atoms with Gasteiger partial charge in [-0.1, -0.05) is 30.3 Å². The molecule has 2 rings (SSSR count). The van der Waals surface area contributed by atoms with Crippen molar-refractivity contribution in [1.29, 1.82) is 5.26 Å². The number of rotatable bonds is 5. The molecule has 90 valence electrons. The Kier molecular flexibility index (Phi) is 4.54. The highest BCUT2D eigenvalue weighted by Gasteiger charge is 2.21. The summed E-state index contributed by atoms with van der Waals surface area (Å²) in [6.45, 7) is 4.11. The van der Waals surface area contributed by atoms with Crippen molar-refractivity contribution in [3.05, 3.63) is 35.9 Å². The van der Waals surface area contributed by atoms with Gasteiger partial charge in [-0.3, -0.25) is 4.90 Å². The standard InChI is InChI=1S/C14H19N3/c15-8-4-9-16-14-7-10-17(12-14)11-13-5-2-1-3-6-13/h1-3,5-6,14,16H,4,7,9-12H2/t14-/m0/s1. The van der Waals surface area contributed by atoms with Crippen LogP contribution in [0.25, 0.3) is 0 Å². The molecule has 1 atom stereocenters. The van der Waals surface area contributed by atoms with Crippen molar-refractivity contribution < 1.29 is 0 Å². The van der Waals surface area contributed by atoms with Crippen LogP contribution in [-0.2, 0) is 6.54 Å². The predicted molar refractivity (Wildman–Crippen MR) is 68.4 cm³/mol. The molecule has 1 aromatic rings. The topological polar surface area (TPSA) is 39.1 Å². The van der Waals surface area contributed by atoms with E-state index >= 15 is 0 Å². The van der Waals surface area contributed by atoms with Gasteiger partial charge in [0.1, 0.15) is 0 Å². The Labute approximate surface area is 103 Å². The Morgan fingerprint density at radius 2 is 2.18 bits per heavy atom. The average molecular weight is 229 g/mol. The SMILES string of the molecule is N#CCCN[C@H]1CCN(Cc2ccccc2)C1. The number of hydrogen-bond acceptors (Lipinski definition) is 3. The second-order valence-electron chi connectivity index (χ2n) is 4.57. The zero-order valence-electron chi connectivity index (χ0n) is 10.1. The molecular formula is C14H19N3. The van der Waals surface area contributed by atoms with Crippen LogP contribution in [0.15, 0.2) is 30.3 Å². The smallest absolute Gasteiger partial charge is 0.0635 e. The van der Waals surface area contributed by atoms with E-state index < -0.39 is 0 Å². The van der Waals surface area contributed by atoms with Gasteiger partial charge in [0.2, 0.25) is 0 Å². The number of nitriles is 1. The summed E-state index contributed by atoms with van der Waals surface area (Å²) in [7, 11) is 0. The van der Waals surface area contributed by atoms with Gasteiger partial charge in [-0.05, 0) is 12.0 Å². The first kappa shape index (κ1) is 12.1. The Hall–Kier alpha value is -1.37. The number of nitrogens with one attached hydrogen (secondary N) is 1. The zero-order valence-corrected chi connectivity index (χ0v) is 10.1. The van der Waals surface area contributed by atoms with Gasteiger partial charge in [-0.15, -0.1) is 0 Å². The van der Waals surface area contributed by atoms with Gasteiger partial charge in [0.15, 0.2) is 0 Å². The molecule has 0 bridgehead atoms. The number of nitrogens with zero attached hydrogens (tertiary/aromatic N) is 2. The summed E-state index contributed by atoms with van der Waals surface area (Å²) in [6, 6.07) is 13.3. The van der Waals surface area contributed by atoms with Crippen molar-refractivity contribution >= 4 is 0 Å². The van der Waals surface area contributed by atoms with Crippen LogP contribution in [0.2, 0.25) is 0 Å². The molecule has 0 saturated carbocycles. The van der Waals surface area contributed by atoms with Crippen LogP contribution in [0, 0.1) is 11.3 Å². The first-order valence-corrected chi connectivity index (χ1v) is 6.25. The van der Waals surface area contributed by atoms with Gasteiger partial charge in [0.05, 0.1) is 6.07 Å². The predicted octanol–water partition coefficient (Wildman–Crippen LogP) is 1.76. The molecular weight excluding hydrogens is 210 g/mol. The van der Waals surface area contributed by atoms with Crippen LogP contribution in [0.1, 0.15) is 18.4 Å². The third-order valence-corrected chi connectivity index (χ3v) is 3.19. The van der Waals surface area contributed by atoms with Crippen LogP contribution in [0.3, 0.4) is 0 Å². The molecule has 1 fully saturated rings. The normalized spacial score (nSPS) is 20.3. The van der Waals surface area contributed by atoms with Gasteiger partial charge in [0, 0.05) is 38.6 Å². The van der Waals surface area contributed by atoms with E-state index in [0.29, 0.717) is 12.5 Å². The van der Waals surface area contributed by atoms with E-state index in [0.717, 1.165) is 26.2 Å². The lowest BCUT2D eigenvalue weighted by molar-refractivity contribution is 0.320. The molecule has 1 aliphatic heterocycles. The molecule has 0 unspecified atom stereocenters. The minimum absolute atomic E-state index is 0.562. The highest BCUT2D eigenvalue weighted by atomic mass is 15.2. The highest BCUT2D eigenvalue weighted by molar-refractivity contribution is 5.14. The van der Waals surface area contributed by atoms with E-state index in [1.165, 1.54) is 12.0 Å². The molecule has 1 saturated heterocycles. The monoisotopic (exact) mass is 229 g/mol. The van der Waals surface area contributed by atoms with Gasteiger partial charge in [0.25, 0.3) is 0 Å². The number of likely N-dealkylation sites (tertiary alicyclic amines) is 1. The van der Waals surface area contributed by atoms with Crippen LogP contribution in [-0.4, -0.2) is 30.6 Å². The number of benzene rings is 1. The molecule has 0 spiro atoms. The molecule has 1 heterocycles. The Bertz CT molecular complexity index is 369. The lowest BCUT2D eigenvalue weighted by Crippen LogP contribution is -2.32. The van der Waals surface area contributed by atoms with E-state index in [1.54, 1.807) is 0 Å². The Balaban J connectivity index is 1.73. The molecule has 3 heteroatoms. The number of hydrogen-bond donors (Lipinski definition) is 1. The summed E-state index contributed by atoms with van der Waals surface area (Å²) in [6.07, 6.45) is 1.80. The molecule has 17 heavy (non-hydrogen) atoms. The molecule has 0 aromatic heterocycles. The van der Waals surface area contributed by atoms with Crippen molar-refractivity contribution in [2.24, 2.45) is 0 Å². The van der Waals surface area contributed by atoms with Crippen molar-refractivity contribution in [1.82, 2.24) is 10.2 Å². The maximum absolute atomic E-state index is 8.49. The van der Waals surface area contributed by atoms with E-state index in [9.17, 15) is 0 Å². The molecule has 0 amide bonds. The van der Waals surface area contributed by atoms with E-state index in [1.807, 2.05) is 0 Å². The summed E-state index contributed by atoms with van der Waals surface area (Å²) in [5, 5.41) is 11.9. The van der Waals surface area contributed by atoms with Gasteiger partial charge < -0.3 is 5.32 Å². The lowest BCUT2D eigenvalue weighted by atomic mass is 10.2. The quantitative estimate of drug-likeness (QED) is 0.782. The second kappa shape index (κ2) is 6.39. The van der Waals surface area contributed by atoms with Gasteiger partial charge in [-0.2, -0.15) is 5.26 Å². The zero-order chi connectivity index (χ0) is 11.9. The highest BCUT2D eigenvalue weighted by Crippen LogP contribution is 2.13. The van der Waals surface area contributed by atoms with Crippen molar-refractivity contribution in [2.45, 2.75) is 25.4 Å². The van der Waals surface area contributed by atoms with Crippen LogP contribution < -0.4 is 5.32 Å². The molecule has 0 aliphatic carbocycles. The average Bonchev–Trinajstić information content (AvgIpc) is 2.79. The van der Waals surface area contributed by atoms with E-state index in [-0.39, 0.29) is 0 Å². The fourth-order valence-corrected chi connectivity index (χ4v) is 2.32. The third-order valence-electron chi connectivity index (χ3n) is 3.19. The fourth-order valence-electron chi connectivity index (χ4n) is 2.32. The Morgan fingerprint density at radius 1 is 1.35 bits per heavy atom.